The Morgan fingerprint density at radius 1 is 0.975 bits per heavy atom. The molecular weight excluding hydrogens is 539 g/mol. The second-order valence-electron chi connectivity index (χ2n) is 11.0. The second kappa shape index (κ2) is 11.0. The van der Waals surface area contributed by atoms with E-state index in [4.69, 9.17) is 0 Å². The molecule has 0 spiro atoms. The van der Waals surface area contributed by atoms with E-state index in [1.807, 2.05) is 86.6 Å². The van der Waals surface area contributed by atoms with Crippen molar-refractivity contribution in [2.45, 2.75) is 56.2 Å². The maximum Gasteiger partial charge on any atom is 0.301 e. The standard InChI is InChI=1S/C32H31N3O3S2/c1-19-11-12-20(2)24(17-19)27(36)25-26(22-13-15-23(16-14-22)32(3,4)5)35(29(38)28(25)37)30-33-34-31(40-30)39-18-21-9-7-6-8-10-21/h6-17,26,36H,18H2,1-5H3/b27-25+. The Labute approximate surface area is 242 Å². The number of carbonyl (C=O) groups excluding carboxylic acids is 2. The number of aromatic nitrogens is 2. The van der Waals surface area contributed by atoms with Gasteiger partial charge in [-0.05, 0) is 47.6 Å². The number of rotatable bonds is 6. The number of carbonyl (C=O) groups is 2. The molecule has 4 aromatic rings. The van der Waals surface area contributed by atoms with Crippen LogP contribution in [0.15, 0.2) is 82.7 Å². The minimum Gasteiger partial charge on any atom is -0.507 e. The lowest BCUT2D eigenvalue weighted by Crippen LogP contribution is -2.29. The van der Waals surface area contributed by atoms with Crippen molar-refractivity contribution in [3.05, 3.63) is 112 Å². The molecular formula is C32H31N3O3S2. The van der Waals surface area contributed by atoms with Crippen molar-refractivity contribution in [1.29, 1.82) is 0 Å². The highest BCUT2D eigenvalue weighted by Crippen LogP contribution is 2.44. The summed E-state index contributed by atoms with van der Waals surface area (Å²) >= 11 is 2.79. The summed E-state index contributed by atoms with van der Waals surface area (Å²) in [5.74, 6) is -0.946. The number of hydrogen-bond donors (Lipinski definition) is 1. The fraction of sp³-hybridized carbons (Fsp3) is 0.250. The number of hydrogen-bond acceptors (Lipinski definition) is 7. The molecule has 40 heavy (non-hydrogen) atoms. The summed E-state index contributed by atoms with van der Waals surface area (Å²) in [6, 6.07) is 22.7. The van der Waals surface area contributed by atoms with E-state index < -0.39 is 17.7 Å². The van der Waals surface area contributed by atoms with E-state index in [2.05, 4.69) is 31.0 Å². The largest absolute Gasteiger partial charge is 0.507 e. The molecule has 1 aliphatic heterocycles. The molecule has 6 nitrogen and oxygen atoms in total. The van der Waals surface area contributed by atoms with Crippen molar-refractivity contribution in [2.75, 3.05) is 4.90 Å². The third-order valence-electron chi connectivity index (χ3n) is 6.99. The predicted molar refractivity (Wildman–Crippen MR) is 162 cm³/mol. The van der Waals surface area contributed by atoms with Gasteiger partial charge in [-0.15, -0.1) is 10.2 Å². The lowest BCUT2D eigenvalue weighted by molar-refractivity contribution is -0.132. The van der Waals surface area contributed by atoms with Crippen LogP contribution in [0.3, 0.4) is 0 Å². The molecule has 1 aliphatic rings. The van der Waals surface area contributed by atoms with Gasteiger partial charge in [0.2, 0.25) is 5.13 Å². The molecule has 204 valence electrons. The highest BCUT2D eigenvalue weighted by atomic mass is 32.2. The minimum atomic E-state index is -0.839. The number of ketones is 1. The Balaban J connectivity index is 1.59. The van der Waals surface area contributed by atoms with Gasteiger partial charge in [0.25, 0.3) is 5.78 Å². The highest BCUT2D eigenvalue weighted by molar-refractivity contribution is 8.00. The first-order valence-electron chi connectivity index (χ1n) is 13.0. The topological polar surface area (TPSA) is 83.4 Å². The van der Waals surface area contributed by atoms with E-state index in [0.29, 0.717) is 26.4 Å². The van der Waals surface area contributed by atoms with Crippen LogP contribution < -0.4 is 4.90 Å². The third-order valence-corrected chi connectivity index (χ3v) is 9.12. The van der Waals surface area contributed by atoms with Gasteiger partial charge in [0.1, 0.15) is 5.76 Å². The van der Waals surface area contributed by atoms with Crippen molar-refractivity contribution in [2.24, 2.45) is 0 Å². The van der Waals surface area contributed by atoms with Crippen LogP contribution in [0.2, 0.25) is 0 Å². The maximum absolute atomic E-state index is 13.6. The first-order valence-corrected chi connectivity index (χ1v) is 14.8. The molecule has 1 saturated heterocycles. The lowest BCUT2D eigenvalue weighted by atomic mass is 9.85. The molecule has 1 fully saturated rings. The van der Waals surface area contributed by atoms with Crippen molar-refractivity contribution in [3.63, 3.8) is 0 Å². The SMILES string of the molecule is Cc1ccc(C)c(/C(O)=C2\C(=O)C(=O)N(c3nnc(SCc4ccccc4)s3)C2c2ccc(C(C)(C)C)cc2)c1. The number of benzene rings is 3. The normalized spacial score (nSPS) is 17.0. The van der Waals surface area contributed by atoms with Gasteiger partial charge in [-0.2, -0.15) is 0 Å². The van der Waals surface area contributed by atoms with Gasteiger partial charge in [-0.25, -0.2) is 0 Å². The van der Waals surface area contributed by atoms with E-state index in [0.717, 1.165) is 22.3 Å². The van der Waals surface area contributed by atoms with Crippen LogP contribution in [0.25, 0.3) is 5.76 Å². The fourth-order valence-electron chi connectivity index (χ4n) is 4.72. The number of aliphatic hydroxyl groups excluding tert-OH is 1. The first-order chi connectivity index (χ1) is 19.0. The molecule has 1 N–H and O–H groups in total. The summed E-state index contributed by atoms with van der Waals surface area (Å²) < 4.78 is 0.692. The van der Waals surface area contributed by atoms with Crippen LogP contribution in [-0.4, -0.2) is 27.0 Å². The van der Waals surface area contributed by atoms with Gasteiger partial charge in [-0.1, -0.05) is 116 Å². The number of Topliss-reactive ketones (excluding diaryl/α,β-unsaturated/α-hetero) is 1. The zero-order valence-corrected chi connectivity index (χ0v) is 24.8. The van der Waals surface area contributed by atoms with Gasteiger partial charge < -0.3 is 5.11 Å². The number of anilines is 1. The van der Waals surface area contributed by atoms with Crippen molar-refractivity contribution < 1.29 is 14.7 Å². The number of thioether (sulfide) groups is 1. The summed E-state index contributed by atoms with van der Waals surface area (Å²) in [5.41, 5.74) is 5.26. The molecule has 1 amide bonds. The first kappa shape index (κ1) is 27.8. The number of aliphatic hydroxyl groups is 1. The summed E-state index contributed by atoms with van der Waals surface area (Å²) in [5, 5.41) is 20.5. The summed E-state index contributed by atoms with van der Waals surface area (Å²) in [6.07, 6.45) is 0. The second-order valence-corrected chi connectivity index (χ2v) is 13.2. The van der Waals surface area contributed by atoms with Gasteiger partial charge in [0.15, 0.2) is 4.34 Å². The quantitative estimate of drug-likeness (QED) is 0.0858. The Morgan fingerprint density at radius 2 is 1.68 bits per heavy atom. The van der Waals surface area contributed by atoms with Gasteiger partial charge in [-0.3, -0.25) is 14.5 Å². The Bertz CT molecular complexity index is 1600. The van der Waals surface area contributed by atoms with Crippen LogP contribution in [0.4, 0.5) is 5.13 Å². The Hall–Kier alpha value is -3.75. The Kier molecular flexibility index (Phi) is 7.66. The number of nitrogens with zero attached hydrogens (tertiary/aromatic N) is 3. The zero-order valence-electron chi connectivity index (χ0n) is 23.1. The number of aryl methyl sites for hydroxylation is 2. The van der Waals surface area contributed by atoms with Crippen molar-refractivity contribution >= 4 is 45.7 Å². The molecule has 8 heteroatoms. The van der Waals surface area contributed by atoms with Crippen molar-refractivity contribution in [3.8, 4) is 0 Å². The van der Waals surface area contributed by atoms with Crippen molar-refractivity contribution in [1.82, 2.24) is 10.2 Å². The molecule has 1 unspecified atom stereocenters. The third kappa shape index (κ3) is 5.46. The molecule has 0 bridgehead atoms. The zero-order chi connectivity index (χ0) is 28.6. The molecule has 1 aromatic heterocycles. The van der Waals surface area contributed by atoms with E-state index in [9.17, 15) is 14.7 Å². The van der Waals surface area contributed by atoms with Crippen LogP contribution in [0.1, 0.15) is 60.2 Å². The monoisotopic (exact) mass is 569 g/mol. The van der Waals surface area contributed by atoms with E-state index >= 15 is 0 Å². The van der Waals surface area contributed by atoms with Crippen LogP contribution in [0, 0.1) is 13.8 Å². The van der Waals surface area contributed by atoms with E-state index in [1.165, 1.54) is 28.0 Å². The van der Waals surface area contributed by atoms with Crippen LogP contribution in [0.5, 0.6) is 0 Å². The summed E-state index contributed by atoms with van der Waals surface area (Å²) in [6.45, 7) is 10.2. The molecule has 0 saturated carbocycles. The van der Waals surface area contributed by atoms with Crippen LogP contribution in [-0.2, 0) is 20.8 Å². The molecule has 1 atom stereocenters. The maximum atomic E-state index is 13.6. The number of amides is 1. The molecule has 3 aromatic carbocycles. The average Bonchev–Trinajstić information content (AvgIpc) is 3.50. The van der Waals surface area contributed by atoms with Gasteiger partial charge >= 0.3 is 5.91 Å². The predicted octanol–water partition coefficient (Wildman–Crippen LogP) is 7.37. The summed E-state index contributed by atoms with van der Waals surface area (Å²) in [7, 11) is 0. The lowest BCUT2D eigenvalue weighted by Gasteiger charge is -2.24. The smallest absolute Gasteiger partial charge is 0.301 e. The van der Waals surface area contributed by atoms with E-state index in [-0.39, 0.29) is 16.7 Å². The van der Waals surface area contributed by atoms with E-state index in [1.54, 1.807) is 0 Å². The average molecular weight is 570 g/mol. The van der Waals surface area contributed by atoms with Gasteiger partial charge in [0, 0.05) is 11.3 Å². The van der Waals surface area contributed by atoms with Crippen LogP contribution >= 0.6 is 23.1 Å². The highest BCUT2D eigenvalue weighted by Gasteiger charge is 2.48. The molecule has 0 aliphatic carbocycles. The fourth-order valence-corrected chi connectivity index (χ4v) is 6.55. The minimum absolute atomic E-state index is 0.0518. The molecule has 0 radical (unpaired) electrons. The Morgan fingerprint density at radius 3 is 2.35 bits per heavy atom. The molecule has 5 rings (SSSR count). The molecule has 2 heterocycles. The van der Waals surface area contributed by atoms with Gasteiger partial charge in [0.05, 0.1) is 11.6 Å². The summed E-state index contributed by atoms with van der Waals surface area (Å²) in [4.78, 5) is 28.5.